The monoisotopic (exact) mass is 275 g/mol. The number of anilines is 1. The van der Waals surface area contributed by atoms with E-state index in [9.17, 15) is 9.18 Å². The maximum Gasteiger partial charge on any atom is 0.322 e. The summed E-state index contributed by atoms with van der Waals surface area (Å²) in [6, 6.07) is 5.90. The second kappa shape index (κ2) is 5.28. The summed E-state index contributed by atoms with van der Waals surface area (Å²) in [6.07, 6.45) is 4.02. The third kappa shape index (κ3) is 2.47. The van der Waals surface area contributed by atoms with Crippen LogP contribution in [0.25, 0.3) is 0 Å². The summed E-state index contributed by atoms with van der Waals surface area (Å²) in [5, 5.41) is 10.7. The molecular weight excluding hydrogens is 261 g/mol. The van der Waals surface area contributed by atoms with Crippen LogP contribution < -0.4 is 5.32 Å². The molecule has 0 radical (unpaired) electrons. The van der Waals surface area contributed by atoms with Crippen molar-refractivity contribution in [2.24, 2.45) is 0 Å². The van der Waals surface area contributed by atoms with Crippen molar-refractivity contribution >= 4 is 11.7 Å². The molecule has 0 bridgehead atoms. The van der Waals surface area contributed by atoms with Crippen LogP contribution in [0.15, 0.2) is 36.7 Å². The fourth-order valence-corrected chi connectivity index (χ4v) is 2.29. The number of hydrogen-bond acceptors (Lipinski definition) is 3. The van der Waals surface area contributed by atoms with Gasteiger partial charge in [0, 0.05) is 13.1 Å². The average Bonchev–Trinajstić information content (AvgIpc) is 3.11. The topological polar surface area (TPSA) is 63.1 Å². The van der Waals surface area contributed by atoms with Crippen LogP contribution in [0, 0.1) is 5.82 Å². The van der Waals surface area contributed by atoms with E-state index in [4.69, 9.17) is 0 Å². The normalized spacial score (nSPS) is 18.2. The summed E-state index contributed by atoms with van der Waals surface area (Å²) in [5.74, 6) is -0.440. The molecule has 1 atom stereocenters. The van der Waals surface area contributed by atoms with Gasteiger partial charge in [-0.3, -0.25) is 0 Å². The lowest BCUT2D eigenvalue weighted by Gasteiger charge is -2.17. The number of nitrogens with one attached hydrogen (secondary N) is 1. The number of aromatic nitrogens is 3. The Morgan fingerprint density at radius 2 is 2.05 bits per heavy atom. The first-order chi connectivity index (χ1) is 9.74. The molecule has 1 aliphatic rings. The van der Waals surface area contributed by atoms with Crippen LogP contribution in [0.5, 0.6) is 0 Å². The van der Waals surface area contributed by atoms with E-state index in [2.05, 4.69) is 15.5 Å². The molecule has 0 spiro atoms. The van der Waals surface area contributed by atoms with Crippen molar-refractivity contribution in [1.82, 2.24) is 19.9 Å². The molecular formula is C13H14FN5O. The quantitative estimate of drug-likeness (QED) is 0.910. The SMILES string of the molecule is O=C(Nc1ccccc1F)N1CCC(n2nccn2)C1. The van der Waals surface area contributed by atoms with E-state index in [1.807, 2.05) is 0 Å². The molecule has 2 amide bonds. The molecule has 1 aromatic heterocycles. The number of amides is 2. The Hall–Kier alpha value is -2.44. The van der Waals surface area contributed by atoms with E-state index < -0.39 is 5.82 Å². The summed E-state index contributed by atoms with van der Waals surface area (Å²) in [4.78, 5) is 15.3. The van der Waals surface area contributed by atoms with Gasteiger partial charge in [0.15, 0.2) is 0 Å². The first-order valence-corrected chi connectivity index (χ1v) is 6.40. The van der Waals surface area contributed by atoms with Crippen molar-refractivity contribution in [2.75, 3.05) is 18.4 Å². The Labute approximate surface area is 115 Å². The maximum atomic E-state index is 13.5. The molecule has 0 aliphatic carbocycles. The number of para-hydroxylation sites is 1. The summed E-state index contributed by atoms with van der Waals surface area (Å²) in [5.41, 5.74) is 0.193. The van der Waals surface area contributed by atoms with Gasteiger partial charge in [0.1, 0.15) is 5.82 Å². The molecule has 1 aromatic carbocycles. The van der Waals surface area contributed by atoms with Gasteiger partial charge in [-0.25, -0.2) is 9.18 Å². The number of nitrogens with zero attached hydrogens (tertiary/aromatic N) is 4. The van der Waals surface area contributed by atoms with Gasteiger partial charge < -0.3 is 10.2 Å². The molecule has 2 aromatic rings. The molecule has 1 unspecified atom stereocenters. The van der Waals surface area contributed by atoms with Crippen LogP contribution in [-0.2, 0) is 0 Å². The van der Waals surface area contributed by atoms with E-state index in [0.29, 0.717) is 13.1 Å². The number of benzene rings is 1. The predicted octanol–water partition coefficient (Wildman–Crippen LogP) is 1.90. The predicted molar refractivity (Wildman–Crippen MR) is 70.7 cm³/mol. The van der Waals surface area contributed by atoms with Crippen LogP contribution in [-0.4, -0.2) is 39.0 Å². The summed E-state index contributed by atoms with van der Waals surface area (Å²) in [7, 11) is 0. The van der Waals surface area contributed by atoms with Gasteiger partial charge in [-0.2, -0.15) is 15.0 Å². The molecule has 6 nitrogen and oxygen atoms in total. The van der Waals surface area contributed by atoms with Crippen molar-refractivity contribution < 1.29 is 9.18 Å². The fourth-order valence-electron chi connectivity index (χ4n) is 2.29. The maximum absolute atomic E-state index is 13.5. The Bertz CT molecular complexity index is 601. The lowest BCUT2D eigenvalue weighted by atomic mass is 10.3. The Morgan fingerprint density at radius 3 is 2.80 bits per heavy atom. The summed E-state index contributed by atoms with van der Waals surface area (Å²) < 4.78 is 13.5. The van der Waals surface area contributed by atoms with Crippen LogP contribution in [0.4, 0.5) is 14.9 Å². The zero-order valence-electron chi connectivity index (χ0n) is 10.7. The van der Waals surface area contributed by atoms with E-state index in [1.54, 1.807) is 34.2 Å². The minimum atomic E-state index is -0.440. The number of hydrogen-bond donors (Lipinski definition) is 1. The van der Waals surface area contributed by atoms with Crippen molar-refractivity contribution in [3.05, 3.63) is 42.5 Å². The number of rotatable bonds is 2. The number of likely N-dealkylation sites (tertiary alicyclic amines) is 1. The molecule has 2 heterocycles. The fraction of sp³-hybridized carbons (Fsp3) is 0.308. The third-order valence-corrected chi connectivity index (χ3v) is 3.33. The molecule has 1 N–H and O–H groups in total. The molecule has 104 valence electrons. The average molecular weight is 275 g/mol. The Balaban J connectivity index is 1.63. The summed E-state index contributed by atoms with van der Waals surface area (Å²) in [6.45, 7) is 1.13. The number of carbonyl (C=O) groups excluding carboxylic acids is 1. The van der Waals surface area contributed by atoms with Crippen molar-refractivity contribution in [3.8, 4) is 0 Å². The lowest BCUT2D eigenvalue weighted by molar-refractivity contribution is 0.220. The highest BCUT2D eigenvalue weighted by atomic mass is 19.1. The van der Waals surface area contributed by atoms with Crippen LogP contribution in [0.3, 0.4) is 0 Å². The number of urea groups is 1. The second-order valence-electron chi connectivity index (χ2n) is 4.65. The minimum Gasteiger partial charge on any atom is -0.322 e. The van der Waals surface area contributed by atoms with Crippen LogP contribution >= 0.6 is 0 Å². The van der Waals surface area contributed by atoms with E-state index >= 15 is 0 Å². The Morgan fingerprint density at radius 1 is 1.30 bits per heavy atom. The zero-order valence-corrected chi connectivity index (χ0v) is 10.7. The zero-order chi connectivity index (χ0) is 13.9. The highest BCUT2D eigenvalue weighted by molar-refractivity contribution is 5.89. The summed E-state index contributed by atoms with van der Waals surface area (Å²) >= 11 is 0. The van der Waals surface area contributed by atoms with Crippen molar-refractivity contribution in [1.29, 1.82) is 0 Å². The van der Waals surface area contributed by atoms with E-state index in [1.165, 1.54) is 12.1 Å². The van der Waals surface area contributed by atoms with Crippen LogP contribution in [0.2, 0.25) is 0 Å². The molecule has 1 fully saturated rings. The number of halogens is 1. The molecule has 1 aliphatic heterocycles. The van der Waals surface area contributed by atoms with E-state index in [0.717, 1.165) is 6.42 Å². The van der Waals surface area contributed by atoms with Gasteiger partial charge in [0.2, 0.25) is 0 Å². The molecule has 20 heavy (non-hydrogen) atoms. The van der Waals surface area contributed by atoms with E-state index in [-0.39, 0.29) is 17.8 Å². The minimum absolute atomic E-state index is 0.0800. The van der Waals surface area contributed by atoms with Crippen molar-refractivity contribution in [2.45, 2.75) is 12.5 Å². The van der Waals surface area contributed by atoms with Gasteiger partial charge >= 0.3 is 6.03 Å². The molecule has 3 rings (SSSR count). The largest absolute Gasteiger partial charge is 0.322 e. The molecule has 0 saturated carbocycles. The standard InChI is InChI=1S/C13H14FN5O/c14-11-3-1-2-4-12(11)17-13(20)18-8-5-10(9-18)19-15-6-7-16-19/h1-4,6-7,10H,5,8-9H2,(H,17,20). The Kier molecular flexibility index (Phi) is 3.32. The highest BCUT2D eigenvalue weighted by Crippen LogP contribution is 2.21. The number of carbonyl (C=O) groups is 1. The van der Waals surface area contributed by atoms with Crippen LogP contribution in [0.1, 0.15) is 12.5 Å². The van der Waals surface area contributed by atoms with Gasteiger partial charge in [-0.15, -0.1) is 0 Å². The highest BCUT2D eigenvalue weighted by Gasteiger charge is 2.28. The lowest BCUT2D eigenvalue weighted by Crippen LogP contribution is -2.33. The second-order valence-corrected chi connectivity index (χ2v) is 4.65. The van der Waals surface area contributed by atoms with Gasteiger partial charge in [0.25, 0.3) is 0 Å². The first-order valence-electron chi connectivity index (χ1n) is 6.40. The first kappa shape index (κ1) is 12.6. The van der Waals surface area contributed by atoms with Gasteiger partial charge in [0.05, 0.1) is 24.1 Å². The molecule has 1 saturated heterocycles. The van der Waals surface area contributed by atoms with Gasteiger partial charge in [-0.05, 0) is 18.6 Å². The third-order valence-electron chi connectivity index (χ3n) is 3.33. The molecule has 7 heteroatoms. The van der Waals surface area contributed by atoms with Gasteiger partial charge in [-0.1, -0.05) is 12.1 Å². The van der Waals surface area contributed by atoms with Crippen molar-refractivity contribution in [3.63, 3.8) is 0 Å². The smallest absolute Gasteiger partial charge is 0.322 e.